The highest BCUT2D eigenvalue weighted by molar-refractivity contribution is 5.98. The quantitative estimate of drug-likeness (QED) is 0.658. The van der Waals surface area contributed by atoms with Crippen molar-refractivity contribution >= 4 is 16.8 Å². The van der Waals surface area contributed by atoms with Crippen LogP contribution in [0.1, 0.15) is 40.5 Å². The van der Waals surface area contributed by atoms with Gasteiger partial charge in [-0.05, 0) is 49.2 Å². The number of hydrogen-bond acceptors (Lipinski definition) is 3. The number of fused-ring (bicyclic) bond motifs is 3. The van der Waals surface area contributed by atoms with Gasteiger partial charge in [-0.3, -0.25) is 4.79 Å². The van der Waals surface area contributed by atoms with Crippen molar-refractivity contribution in [3.63, 3.8) is 0 Å². The van der Waals surface area contributed by atoms with Crippen LogP contribution in [0.3, 0.4) is 0 Å². The first-order valence-electron chi connectivity index (χ1n) is 9.94. The number of amides is 1. The summed E-state index contributed by atoms with van der Waals surface area (Å²) in [6, 6.07) is 18.2. The van der Waals surface area contributed by atoms with Crippen molar-refractivity contribution in [3.8, 4) is 0 Å². The van der Waals surface area contributed by atoms with E-state index in [0.29, 0.717) is 5.69 Å². The van der Waals surface area contributed by atoms with E-state index >= 15 is 0 Å². The van der Waals surface area contributed by atoms with Crippen LogP contribution < -0.4 is 10.6 Å². The Hall–Kier alpha value is -2.63. The molecule has 3 aromatic rings. The fourth-order valence-electron chi connectivity index (χ4n) is 5.21. The van der Waals surface area contributed by atoms with Crippen LogP contribution in [0, 0.1) is 0 Å². The second-order valence-corrected chi connectivity index (χ2v) is 7.87. The smallest absolute Gasteiger partial charge is 0.268 e. The number of hydrogen-bond donors (Lipinski definition) is 3. The molecule has 2 aromatic carbocycles. The Kier molecular flexibility index (Phi) is 4.22. The van der Waals surface area contributed by atoms with E-state index in [1.54, 1.807) is 7.11 Å². The fraction of sp³-hybridized carbons (Fsp3) is 0.348. The van der Waals surface area contributed by atoms with Crippen LogP contribution in [0.2, 0.25) is 0 Å². The van der Waals surface area contributed by atoms with Crippen LogP contribution in [0.25, 0.3) is 10.9 Å². The Labute approximate surface area is 164 Å². The highest BCUT2D eigenvalue weighted by Crippen LogP contribution is 2.51. The van der Waals surface area contributed by atoms with Gasteiger partial charge in [0.25, 0.3) is 5.91 Å². The molecule has 28 heavy (non-hydrogen) atoms. The zero-order valence-corrected chi connectivity index (χ0v) is 16.0. The zero-order valence-electron chi connectivity index (χ0n) is 16.0. The number of nitrogens with one attached hydrogen (secondary N) is 3. The van der Waals surface area contributed by atoms with Gasteiger partial charge in [-0.2, -0.15) is 0 Å². The molecule has 1 aliphatic carbocycles. The van der Waals surface area contributed by atoms with Crippen molar-refractivity contribution in [1.29, 1.82) is 0 Å². The number of aromatic amines is 1. The van der Waals surface area contributed by atoms with Crippen LogP contribution >= 0.6 is 0 Å². The molecule has 5 nitrogen and oxygen atoms in total. The summed E-state index contributed by atoms with van der Waals surface area (Å²) in [6.45, 7) is 1.94. The lowest BCUT2D eigenvalue weighted by Crippen LogP contribution is -2.49. The average molecular weight is 375 g/mol. The summed E-state index contributed by atoms with van der Waals surface area (Å²) >= 11 is 0. The molecule has 0 bridgehead atoms. The SMILES string of the molecule is CO[C@H]1[C@H](NC(=O)c2cc3ccccc3[nH]2)c2ccccc2C12CCNCC2. The van der Waals surface area contributed by atoms with Gasteiger partial charge in [-0.1, -0.05) is 42.5 Å². The van der Waals surface area contributed by atoms with E-state index in [9.17, 15) is 4.79 Å². The summed E-state index contributed by atoms with van der Waals surface area (Å²) in [4.78, 5) is 16.3. The van der Waals surface area contributed by atoms with E-state index in [2.05, 4.69) is 33.8 Å². The Morgan fingerprint density at radius 1 is 1.11 bits per heavy atom. The molecule has 1 aliphatic heterocycles. The van der Waals surface area contributed by atoms with Crippen molar-refractivity contribution in [2.45, 2.75) is 30.4 Å². The van der Waals surface area contributed by atoms with Crippen molar-refractivity contribution in [1.82, 2.24) is 15.6 Å². The second-order valence-electron chi connectivity index (χ2n) is 7.87. The molecule has 5 rings (SSSR count). The largest absolute Gasteiger partial charge is 0.378 e. The molecule has 0 radical (unpaired) electrons. The number of rotatable bonds is 3. The summed E-state index contributed by atoms with van der Waals surface area (Å²) in [6.07, 6.45) is 1.96. The molecule has 5 heteroatoms. The lowest BCUT2D eigenvalue weighted by Gasteiger charge is -2.40. The first kappa shape index (κ1) is 17.5. The van der Waals surface area contributed by atoms with Gasteiger partial charge in [0.05, 0.1) is 12.1 Å². The van der Waals surface area contributed by atoms with E-state index in [4.69, 9.17) is 4.74 Å². The van der Waals surface area contributed by atoms with Crippen LogP contribution in [-0.2, 0) is 10.2 Å². The van der Waals surface area contributed by atoms with Gasteiger partial charge in [0.15, 0.2) is 0 Å². The molecule has 1 fully saturated rings. The maximum absolute atomic E-state index is 13.1. The molecule has 2 heterocycles. The molecule has 144 valence electrons. The van der Waals surface area contributed by atoms with Gasteiger partial charge in [-0.15, -0.1) is 0 Å². The van der Waals surface area contributed by atoms with E-state index in [1.165, 1.54) is 11.1 Å². The molecular weight excluding hydrogens is 350 g/mol. The maximum atomic E-state index is 13.1. The van der Waals surface area contributed by atoms with Crippen LogP contribution in [0.5, 0.6) is 0 Å². The van der Waals surface area contributed by atoms with Gasteiger partial charge in [0, 0.05) is 23.4 Å². The second kappa shape index (κ2) is 6.76. The number of methoxy groups -OCH3 is 1. The number of piperidine rings is 1. The summed E-state index contributed by atoms with van der Waals surface area (Å²) < 4.78 is 6.04. The molecule has 1 saturated heterocycles. The van der Waals surface area contributed by atoms with Gasteiger partial charge in [0.1, 0.15) is 5.69 Å². The van der Waals surface area contributed by atoms with Crippen LogP contribution in [-0.4, -0.2) is 37.2 Å². The van der Waals surface area contributed by atoms with E-state index in [1.807, 2.05) is 36.4 Å². The zero-order chi connectivity index (χ0) is 19.1. The first-order valence-corrected chi connectivity index (χ1v) is 9.94. The minimum Gasteiger partial charge on any atom is -0.378 e. The molecule has 1 aromatic heterocycles. The first-order chi connectivity index (χ1) is 13.7. The van der Waals surface area contributed by atoms with Crippen molar-refractivity contribution < 1.29 is 9.53 Å². The topological polar surface area (TPSA) is 66.1 Å². The lowest BCUT2D eigenvalue weighted by molar-refractivity contribution is 0.00393. The third-order valence-electron chi connectivity index (χ3n) is 6.49. The normalized spacial score (nSPS) is 23.0. The van der Waals surface area contributed by atoms with Crippen LogP contribution in [0.4, 0.5) is 0 Å². The number of H-pyrrole nitrogens is 1. The number of carbonyl (C=O) groups excluding carboxylic acids is 1. The average Bonchev–Trinajstić information content (AvgIpc) is 3.27. The van der Waals surface area contributed by atoms with E-state index in [-0.39, 0.29) is 23.5 Å². The minimum absolute atomic E-state index is 0.0466. The fourth-order valence-corrected chi connectivity index (χ4v) is 5.21. The summed E-state index contributed by atoms with van der Waals surface area (Å²) in [5, 5.41) is 7.77. The molecular formula is C23H25N3O2. The highest BCUT2D eigenvalue weighted by Gasteiger charge is 2.53. The maximum Gasteiger partial charge on any atom is 0.268 e. The molecule has 2 atom stereocenters. The van der Waals surface area contributed by atoms with Gasteiger partial charge < -0.3 is 20.4 Å². The summed E-state index contributed by atoms with van der Waals surface area (Å²) in [5.74, 6) is -0.0935. The molecule has 2 aliphatic rings. The Morgan fingerprint density at radius 2 is 1.86 bits per heavy atom. The molecule has 3 N–H and O–H groups in total. The highest BCUT2D eigenvalue weighted by atomic mass is 16.5. The van der Waals surface area contributed by atoms with Gasteiger partial charge in [0.2, 0.25) is 0 Å². The Balaban J connectivity index is 1.50. The number of benzene rings is 2. The summed E-state index contributed by atoms with van der Waals surface area (Å²) in [7, 11) is 1.77. The number of aromatic nitrogens is 1. The van der Waals surface area contributed by atoms with Crippen LogP contribution in [0.15, 0.2) is 54.6 Å². The third-order valence-corrected chi connectivity index (χ3v) is 6.49. The molecule has 0 unspecified atom stereocenters. The Morgan fingerprint density at radius 3 is 2.64 bits per heavy atom. The van der Waals surface area contributed by atoms with Crippen molar-refractivity contribution in [3.05, 3.63) is 71.4 Å². The molecule has 0 saturated carbocycles. The van der Waals surface area contributed by atoms with E-state index < -0.39 is 0 Å². The van der Waals surface area contributed by atoms with Crippen molar-refractivity contribution in [2.24, 2.45) is 0 Å². The third kappa shape index (κ3) is 2.58. The number of ether oxygens (including phenoxy) is 1. The molecule has 1 amide bonds. The predicted octanol–water partition coefficient (Wildman–Crippen LogP) is 3.29. The standard InChI is InChI=1S/C23H25N3O2/c1-28-21-20(26-22(27)19-14-15-6-2-5-9-18(15)25-19)16-7-3-4-8-17(16)23(21)10-12-24-13-11-23/h2-9,14,20-21,24-25H,10-13H2,1H3,(H,26,27)/t20-,21+/m1/s1. The Bertz CT molecular complexity index is 986. The lowest BCUT2D eigenvalue weighted by atomic mass is 9.72. The number of carbonyl (C=O) groups is 1. The molecule has 1 spiro atoms. The predicted molar refractivity (Wildman–Crippen MR) is 110 cm³/mol. The van der Waals surface area contributed by atoms with Gasteiger partial charge in [-0.25, -0.2) is 0 Å². The summed E-state index contributed by atoms with van der Waals surface area (Å²) in [5.41, 5.74) is 4.01. The monoisotopic (exact) mass is 375 g/mol. The minimum atomic E-state index is -0.154. The van der Waals surface area contributed by atoms with E-state index in [0.717, 1.165) is 36.8 Å². The van der Waals surface area contributed by atoms with Crippen molar-refractivity contribution in [2.75, 3.05) is 20.2 Å². The number of para-hydroxylation sites is 1. The van der Waals surface area contributed by atoms with Gasteiger partial charge >= 0.3 is 0 Å².